The topological polar surface area (TPSA) is 28.2 Å². The second-order valence-electron chi connectivity index (χ2n) is 4.99. The molecule has 0 saturated carbocycles. The molecule has 0 radical (unpaired) electrons. The summed E-state index contributed by atoms with van der Waals surface area (Å²) in [6, 6.07) is 4.17. The van der Waals surface area contributed by atoms with Gasteiger partial charge < -0.3 is 10.2 Å². The van der Waals surface area contributed by atoms with E-state index in [0.29, 0.717) is 0 Å². The summed E-state index contributed by atoms with van der Waals surface area (Å²) < 4.78 is 1.05. The lowest BCUT2D eigenvalue weighted by Crippen LogP contribution is -2.40. The van der Waals surface area contributed by atoms with Crippen molar-refractivity contribution in [3.63, 3.8) is 0 Å². The van der Waals surface area contributed by atoms with E-state index in [1.807, 2.05) is 6.20 Å². The summed E-state index contributed by atoms with van der Waals surface area (Å²) in [6.45, 7) is 6.75. The number of hydrogen-bond acceptors (Lipinski definition) is 3. The predicted molar refractivity (Wildman–Crippen MR) is 80.0 cm³/mol. The van der Waals surface area contributed by atoms with Crippen molar-refractivity contribution in [2.45, 2.75) is 26.2 Å². The van der Waals surface area contributed by atoms with E-state index >= 15 is 0 Å². The number of anilines is 1. The average Bonchev–Trinajstić information content (AvgIpc) is 2.40. The van der Waals surface area contributed by atoms with Gasteiger partial charge in [0.05, 0.1) is 0 Å². The average molecular weight is 312 g/mol. The van der Waals surface area contributed by atoms with Crippen LogP contribution in [-0.2, 0) is 0 Å². The molecule has 1 fully saturated rings. The fourth-order valence-electron chi connectivity index (χ4n) is 2.48. The quantitative estimate of drug-likeness (QED) is 0.847. The largest absolute Gasteiger partial charge is 0.356 e. The highest BCUT2D eigenvalue weighted by Gasteiger charge is 2.20. The van der Waals surface area contributed by atoms with Crippen LogP contribution in [0.5, 0.6) is 0 Å². The van der Waals surface area contributed by atoms with Crippen LogP contribution in [0.15, 0.2) is 22.8 Å². The van der Waals surface area contributed by atoms with Gasteiger partial charge in [-0.2, -0.15) is 0 Å². The highest BCUT2D eigenvalue weighted by molar-refractivity contribution is 9.10. The molecule has 1 saturated heterocycles. The van der Waals surface area contributed by atoms with Crippen LogP contribution in [0, 0.1) is 5.92 Å². The van der Waals surface area contributed by atoms with E-state index in [-0.39, 0.29) is 0 Å². The van der Waals surface area contributed by atoms with E-state index in [9.17, 15) is 0 Å². The van der Waals surface area contributed by atoms with E-state index < -0.39 is 0 Å². The van der Waals surface area contributed by atoms with Crippen molar-refractivity contribution in [2.24, 2.45) is 5.92 Å². The molecule has 2 heterocycles. The van der Waals surface area contributed by atoms with Crippen molar-refractivity contribution in [1.82, 2.24) is 10.3 Å². The van der Waals surface area contributed by atoms with Gasteiger partial charge in [-0.3, -0.25) is 0 Å². The standard InChI is InChI=1S/C14H22BrN3/c1-2-7-16-9-12-4-3-8-18(11-12)14-6-5-13(15)10-17-14/h5-6,10,12,16H,2-4,7-9,11H2,1H3. The van der Waals surface area contributed by atoms with Crippen LogP contribution in [0.4, 0.5) is 5.82 Å². The first kappa shape index (κ1) is 13.8. The summed E-state index contributed by atoms with van der Waals surface area (Å²) in [6.07, 6.45) is 5.71. The highest BCUT2D eigenvalue weighted by atomic mass is 79.9. The molecule has 4 heteroatoms. The third kappa shape index (κ3) is 3.95. The second kappa shape index (κ2) is 7.10. The summed E-state index contributed by atoms with van der Waals surface area (Å²) >= 11 is 3.43. The van der Waals surface area contributed by atoms with Crippen LogP contribution in [0.1, 0.15) is 26.2 Å². The normalized spacial score (nSPS) is 20.1. The van der Waals surface area contributed by atoms with Crippen molar-refractivity contribution >= 4 is 21.7 Å². The zero-order chi connectivity index (χ0) is 12.8. The molecule has 1 aromatic rings. The van der Waals surface area contributed by atoms with Crippen molar-refractivity contribution < 1.29 is 0 Å². The SMILES string of the molecule is CCCNCC1CCCN(c2ccc(Br)cn2)C1. The molecule has 1 aromatic heterocycles. The van der Waals surface area contributed by atoms with Crippen LogP contribution in [0.2, 0.25) is 0 Å². The zero-order valence-electron chi connectivity index (χ0n) is 11.0. The Bertz CT molecular complexity index is 353. The Hall–Kier alpha value is -0.610. The molecule has 0 aromatic carbocycles. The minimum atomic E-state index is 0.760. The number of piperidine rings is 1. The molecule has 1 atom stereocenters. The maximum absolute atomic E-state index is 4.49. The van der Waals surface area contributed by atoms with Gasteiger partial charge in [0.2, 0.25) is 0 Å². The summed E-state index contributed by atoms with van der Waals surface area (Å²) in [5, 5.41) is 3.53. The first-order chi connectivity index (χ1) is 8.79. The number of aromatic nitrogens is 1. The molecule has 1 N–H and O–H groups in total. The molecular formula is C14H22BrN3. The smallest absolute Gasteiger partial charge is 0.128 e. The summed E-state index contributed by atoms with van der Waals surface area (Å²) in [5.74, 6) is 1.87. The predicted octanol–water partition coefficient (Wildman–Crippen LogP) is 3.06. The first-order valence-corrected chi connectivity index (χ1v) is 7.66. The Morgan fingerprint density at radius 1 is 1.50 bits per heavy atom. The van der Waals surface area contributed by atoms with Gasteiger partial charge in [0, 0.05) is 23.8 Å². The zero-order valence-corrected chi connectivity index (χ0v) is 12.6. The van der Waals surface area contributed by atoms with Crippen molar-refractivity contribution in [1.29, 1.82) is 0 Å². The van der Waals surface area contributed by atoms with Crippen LogP contribution in [0.3, 0.4) is 0 Å². The monoisotopic (exact) mass is 311 g/mol. The fraction of sp³-hybridized carbons (Fsp3) is 0.643. The van der Waals surface area contributed by atoms with Gasteiger partial charge in [-0.1, -0.05) is 6.92 Å². The lowest BCUT2D eigenvalue weighted by molar-refractivity contribution is 0.391. The Morgan fingerprint density at radius 2 is 2.39 bits per heavy atom. The van der Waals surface area contributed by atoms with Crippen LogP contribution in [0.25, 0.3) is 0 Å². The molecule has 0 spiro atoms. The minimum absolute atomic E-state index is 0.760. The van der Waals surface area contributed by atoms with E-state index in [1.165, 1.54) is 19.3 Å². The lowest BCUT2D eigenvalue weighted by Gasteiger charge is -2.33. The molecule has 1 aliphatic heterocycles. The molecule has 18 heavy (non-hydrogen) atoms. The molecule has 0 bridgehead atoms. The second-order valence-corrected chi connectivity index (χ2v) is 5.91. The Balaban J connectivity index is 1.88. The Morgan fingerprint density at radius 3 is 3.11 bits per heavy atom. The third-order valence-corrected chi connectivity index (χ3v) is 3.88. The number of nitrogens with zero attached hydrogens (tertiary/aromatic N) is 2. The number of halogens is 1. The summed E-state index contributed by atoms with van der Waals surface area (Å²) in [7, 11) is 0. The van der Waals surface area contributed by atoms with Gasteiger partial charge >= 0.3 is 0 Å². The van der Waals surface area contributed by atoms with E-state index in [0.717, 1.165) is 42.4 Å². The van der Waals surface area contributed by atoms with Crippen LogP contribution < -0.4 is 10.2 Å². The number of pyridine rings is 1. The maximum Gasteiger partial charge on any atom is 0.128 e. The number of nitrogens with one attached hydrogen (secondary N) is 1. The summed E-state index contributed by atoms with van der Waals surface area (Å²) in [5.41, 5.74) is 0. The van der Waals surface area contributed by atoms with E-state index in [2.05, 4.69) is 50.2 Å². The van der Waals surface area contributed by atoms with Gasteiger partial charge in [0.25, 0.3) is 0 Å². The lowest BCUT2D eigenvalue weighted by atomic mass is 9.98. The van der Waals surface area contributed by atoms with E-state index in [1.54, 1.807) is 0 Å². The Kier molecular flexibility index (Phi) is 5.45. The van der Waals surface area contributed by atoms with Gasteiger partial charge in [0.15, 0.2) is 0 Å². The van der Waals surface area contributed by atoms with Gasteiger partial charge in [-0.05, 0) is 66.3 Å². The number of rotatable bonds is 5. The minimum Gasteiger partial charge on any atom is -0.356 e. The van der Waals surface area contributed by atoms with Gasteiger partial charge in [-0.25, -0.2) is 4.98 Å². The van der Waals surface area contributed by atoms with Gasteiger partial charge in [0.1, 0.15) is 5.82 Å². The molecule has 1 unspecified atom stereocenters. The number of hydrogen-bond donors (Lipinski definition) is 1. The van der Waals surface area contributed by atoms with Crippen LogP contribution in [-0.4, -0.2) is 31.2 Å². The Labute approximate surface area is 118 Å². The molecule has 1 aliphatic rings. The van der Waals surface area contributed by atoms with Crippen molar-refractivity contribution in [2.75, 3.05) is 31.1 Å². The van der Waals surface area contributed by atoms with Gasteiger partial charge in [-0.15, -0.1) is 0 Å². The first-order valence-electron chi connectivity index (χ1n) is 6.87. The molecule has 3 nitrogen and oxygen atoms in total. The molecule has 100 valence electrons. The third-order valence-electron chi connectivity index (χ3n) is 3.41. The van der Waals surface area contributed by atoms with E-state index in [4.69, 9.17) is 0 Å². The maximum atomic E-state index is 4.49. The van der Waals surface area contributed by atoms with Crippen LogP contribution >= 0.6 is 15.9 Å². The molecule has 2 rings (SSSR count). The van der Waals surface area contributed by atoms with Crippen molar-refractivity contribution in [3.8, 4) is 0 Å². The molecule has 0 amide bonds. The highest BCUT2D eigenvalue weighted by Crippen LogP contribution is 2.22. The van der Waals surface area contributed by atoms with Crippen molar-refractivity contribution in [3.05, 3.63) is 22.8 Å². The summed E-state index contributed by atoms with van der Waals surface area (Å²) in [4.78, 5) is 6.90. The molecular weight excluding hydrogens is 290 g/mol. The fourth-order valence-corrected chi connectivity index (χ4v) is 2.71. The molecule has 0 aliphatic carbocycles.